The molecule has 0 bridgehead atoms. The fourth-order valence-corrected chi connectivity index (χ4v) is 5.23. The Kier molecular flexibility index (Phi) is 5.62. The first-order chi connectivity index (χ1) is 12.3. The minimum atomic E-state index is 0.648. The molecule has 3 nitrogen and oxygen atoms in total. The summed E-state index contributed by atoms with van der Waals surface area (Å²) < 4.78 is 6.04. The third-order valence-corrected chi connectivity index (χ3v) is 6.75. The van der Waals surface area contributed by atoms with Gasteiger partial charge in [0, 0.05) is 18.1 Å². The summed E-state index contributed by atoms with van der Waals surface area (Å²) in [6, 6.07) is 11.2. The highest BCUT2D eigenvalue weighted by molar-refractivity contribution is 5.30. The Balaban J connectivity index is 1.28. The van der Waals surface area contributed by atoms with Crippen LogP contribution in [0.1, 0.15) is 69.4 Å². The minimum Gasteiger partial charge on any atom is -0.494 e. The van der Waals surface area contributed by atoms with Gasteiger partial charge in [0.15, 0.2) is 0 Å². The third-order valence-electron chi connectivity index (χ3n) is 6.75. The summed E-state index contributed by atoms with van der Waals surface area (Å²) in [5.74, 6) is 1.04. The Morgan fingerprint density at radius 1 is 0.920 bits per heavy atom. The predicted octanol–water partition coefficient (Wildman–Crippen LogP) is 4.63. The van der Waals surface area contributed by atoms with Crippen molar-refractivity contribution >= 4 is 0 Å². The van der Waals surface area contributed by atoms with E-state index in [-0.39, 0.29) is 0 Å². The smallest absolute Gasteiger partial charge is 0.119 e. The number of fused-ring (bicyclic) bond motifs is 1. The maximum Gasteiger partial charge on any atom is 0.119 e. The molecule has 0 amide bonds. The lowest BCUT2D eigenvalue weighted by Crippen LogP contribution is -2.37. The van der Waals surface area contributed by atoms with Crippen LogP contribution in [0.3, 0.4) is 0 Å². The lowest BCUT2D eigenvalue weighted by Gasteiger charge is -2.34. The Hall–Kier alpha value is -1.06. The van der Waals surface area contributed by atoms with Crippen molar-refractivity contribution < 1.29 is 4.74 Å². The van der Waals surface area contributed by atoms with Crippen LogP contribution in [0.2, 0.25) is 0 Å². The molecule has 3 fully saturated rings. The van der Waals surface area contributed by atoms with Crippen LogP contribution in [0.25, 0.3) is 0 Å². The van der Waals surface area contributed by atoms with Gasteiger partial charge < -0.3 is 9.64 Å². The van der Waals surface area contributed by atoms with Crippen LogP contribution in [0.4, 0.5) is 0 Å². The first-order valence-electron chi connectivity index (χ1n) is 10.5. The van der Waals surface area contributed by atoms with E-state index in [2.05, 4.69) is 41.1 Å². The third kappa shape index (κ3) is 4.03. The minimum absolute atomic E-state index is 0.648. The molecule has 0 aromatic heterocycles. The molecule has 0 N–H and O–H groups in total. The number of hydrogen-bond acceptors (Lipinski definition) is 3. The maximum atomic E-state index is 6.04. The average Bonchev–Trinajstić information content (AvgIpc) is 3.08. The Morgan fingerprint density at radius 2 is 1.72 bits per heavy atom. The highest BCUT2D eigenvalue weighted by atomic mass is 16.5. The van der Waals surface area contributed by atoms with Crippen LogP contribution in [-0.4, -0.2) is 48.6 Å². The molecule has 3 aliphatic heterocycles. The fourth-order valence-electron chi connectivity index (χ4n) is 5.23. The normalized spacial score (nSPS) is 31.0. The Labute approximate surface area is 153 Å². The number of hydrogen-bond donors (Lipinski definition) is 0. The molecule has 0 radical (unpaired) electrons. The number of likely N-dealkylation sites (tertiary alicyclic amines) is 1. The molecule has 3 aliphatic rings. The van der Waals surface area contributed by atoms with Crippen molar-refractivity contribution in [2.24, 2.45) is 0 Å². The maximum absolute atomic E-state index is 6.04. The Morgan fingerprint density at radius 3 is 2.56 bits per heavy atom. The standard InChI is InChI=1S/C22H34N2O/c1-23-15-4-2-6-19(23)14-17-25-21-11-8-18(9-12-21)22-13-10-20-7-3-5-16-24(20)22/h8-9,11-12,19-20,22H,2-7,10,13-17H2,1H3. The zero-order chi connectivity index (χ0) is 17.1. The highest BCUT2D eigenvalue weighted by Gasteiger charge is 2.35. The number of benzene rings is 1. The van der Waals surface area contributed by atoms with Crippen LogP contribution in [-0.2, 0) is 0 Å². The zero-order valence-corrected chi connectivity index (χ0v) is 15.8. The monoisotopic (exact) mass is 342 g/mol. The van der Waals surface area contributed by atoms with Gasteiger partial charge >= 0.3 is 0 Å². The molecule has 3 saturated heterocycles. The zero-order valence-electron chi connectivity index (χ0n) is 15.8. The topological polar surface area (TPSA) is 15.7 Å². The molecular weight excluding hydrogens is 308 g/mol. The largest absolute Gasteiger partial charge is 0.494 e. The molecular formula is C22H34N2O. The second-order valence-corrected chi connectivity index (χ2v) is 8.32. The molecule has 1 aromatic carbocycles. The fraction of sp³-hybridized carbons (Fsp3) is 0.727. The molecule has 3 unspecified atom stereocenters. The summed E-state index contributed by atoms with van der Waals surface area (Å²) in [5.41, 5.74) is 1.49. The van der Waals surface area contributed by atoms with Gasteiger partial charge in [0.2, 0.25) is 0 Å². The van der Waals surface area contributed by atoms with E-state index in [1.807, 2.05) is 0 Å². The molecule has 0 spiro atoms. The van der Waals surface area contributed by atoms with E-state index >= 15 is 0 Å². The van der Waals surface area contributed by atoms with Crippen LogP contribution < -0.4 is 4.74 Å². The second-order valence-electron chi connectivity index (χ2n) is 8.32. The molecule has 0 saturated carbocycles. The van der Waals surface area contributed by atoms with Crippen molar-refractivity contribution in [1.29, 1.82) is 0 Å². The van der Waals surface area contributed by atoms with E-state index < -0.39 is 0 Å². The van der Waals surface area contributed by atoms with Crippen molar-refractivity contribution in [3.05, 3.63) is 29.8 Å². The first-order valence-corrected chi connectivity index (χ1v) is 10.5. The Bertz CT molecular complexity index is 543. The molecule has 4 rings (SSSR count). The predicted molar refractivity (Wildman–Crippen MR) is 103 cm³/mol. The van der Waals surface area contributed by atoms with Crippen molar-refractivity contribution in [2.75, 3.05) is 26.7 Å². The van der Waals surface area contributed by atoms with Gasteiger partial charge in [-0.3, -0.25) is 4.90 Å². The summed E-state index contributed by atoms with van der Waals surface area (Å²) in [7, 11) is 2.26. The number of nitrogens with zero attached hydrogens (tertiary/aromatic N) is 2. The van der Waals surface area contributed by atoms with Gasteiger partial charge in [-0.05, 0) is 82.8 Å². The number of rotatable bonds is 5. The van der Waals surface area contributed by atoms with Crippen molar-refractivity contribution in [2.45, 2.75) is 75.9 Å². The van der Waals surface area contributed by atoms with Gasteiger partial charge in [-0.15, -0.1) is 0 Å². The SMILES string of the molecule is CN1CCCCC1CCOc1ccc(C2CCC3CCCCN32)cc1. The van der Waals surface area contributed by atoms with Gasteiger partial charge in [0.1, 0.15) is 5.75 Å². The van der Waals surface area contributed by atoms with Crippen LogP contribution >= 0.6 is 0 Å². The van der Waals surface area contributed by atoms with E-state index in [4.69, 9.17) is 4.74 Å². The molecule has 3 heterocycles. The lowest BCUT2D eigenvalue weighted by atomic mass is 10.0. The number of piperidine rings is 2. The molecule has 25 heavy (non-hydrogen) atoms. The van der Waals surface area contributed by atoms with E-state index in [9.17, 15) is 0 Å². The average molecular weight is 343 g/mol. The van der Waals surface area contributed by atoms with Gasteiger partial charge in [0.05, 0.1) is 6.61 Å². The van der Waals surface area contributed by atoms with Gasteiger partial charge in [-0.1, -0.05) is 25.0 Å². The quantitative estimate of drug-likeness (QED) is 0.776. The van der Waals surface area contributed by atoms with Crippen LogP contribution in [0.15, 0.2) is 24.3 Å². The van der Waals surface area contributed by atoms with E-state index in [1.165, 1.54) is 70.0 Å². The highest BCUT2D eigenvalue weighted by Crippen LogP contribution is 2.40. The molecule has 0 aliphatic carbocycles. The number of ether oxygens (including phenoxy) is 1. The summed E-state index contributed by atoms with van der Waals surface area (Å²) in [6.07, 6.45) is 12.1. The van der Waals surface area contributed by atoms with E-state index in [1.54, 1.807) is 0 Å². The van der Waals surface area contributed by atoms with Crippen molar-refractivity contribution in [3.63, 3.8) is 0 Å². The molecule has 3 atom stereocenters. The van der Waals surface area contributed by atoms with Gasteiger partial charge in [0.25, 0.3) is 0 Å². The molecule has 1 aromatic rings. The second kappa shape index (κ2) is 8.09. The van der Waals surface area contributed by atoms with Gasteiger partial charge in [-0.2, -0.15) is 0 Å². The molecule has 3 heteroatoms. The van der Waals surface area contributed by atoms with E-state index in [0.717, 1.165) is 24.8 Å². The lowest BCUT2D eigenvalue weighted by molar-refractivity contribution is 0.149. The summed E-state index contributed by atoms with van der Waals surface area (Å²) in [5, 5.41) is 0. The van der Waals surface area contributed by atoms with Crippen LogP contribution in [0, 0.1) is 0 Å². The van der Waals surface area contributed by atoms with Crippen molar-refractivity contribution in [1.82, 2.24) is 9.80 Å². The summed E-state index contributed by atoms with van der Waals surface area (Å²) in [4.78, 5) is 5.27. The van der Waals surface area contributed by atoms with Gasteiger partial charge in [-0.25, -0.2) is 0 Å². The first kappa shape index (κ1) is 17.4. The van der Waals surface area contributed by atoms with E-state index in [0.29, 0.717) is 12.1 Å². The van der Waals surface area contributed by atoms with Crippen molar-refractivity contribution in [3.8, 4) is 5.75 Å². The summed E-state index contributed by atoms with van der Waals surface area (Å²) >= 11 is 0. The molecule has 138 valence electrons. The van der Waals surface area contributed by atoms with Crippen LogP contribution in [0.5, 0.6) is 5.75 Å². The summed E-state index contributed by atoms with van der Waals surface area (Å²) in [6.45, 7) is 3.38.